The highest BCUT2D eigenvalue weighted by atomic mass is 35.5. The summed E-state index contributed by atoms with van der Waals surface area (Å²) in [7, 11) is 1.86. The largest absolute Gasteiger partial charge is 0.416 e. The minimum Gasteiger partial charge on any atom is -0.361 e. The highest BCUT2D eigenvalue weighted by molar-refractivity contribution is 7.59. The van der Waals surface area contributed by atoms with E-state index in [2.05, 4.69) is 20.6 Å². The minimum atomic E-state index is -4.51. The predicted octanol–water partition coefficient (Wildman–Crippen LogP) is 4.38. The first-order valence-electron chi connectivity index (χ1n) is 10.3. The van der Waals surface area contributed by atoms with E-state index in [0.29, 0.717) is 24.2 Å². The molecule has 12 heteroatoms. The number of alkyl halides is 3. The zero-order valence-electron chi connectivity index (χ0n) is 18.7. The fourth-order valence-corrected chi connectivity index (χ4v) is 3.98. The van der Waals surface area contributed by atoms with E-state index in [1.165, 1.54) is 16.8 Å². The molecular weight excluding hydrogens is 489 g/mol. The van der Waals surface area contributed by atoms with Gasteiger partial charge in [0.2, 0.25) is 5.91 Å². The van der Waals surface area contributed by atoms with Crippen molar-refractivity contribution >= 4 is 42.4 Å². The van der Waals surface area contributed by atoms with Crippen LogP contribution in [-0.2, 0) is 30.4 Å². The van der Waals surface area contributed by atoms with E-state index >= 15 is 0 Å². The Bertz CT molecular complexity index is 1220. The summed E-state index contributed by atoms with van der Waals surface area (Å²) in [5.41, 5.74) is 3.08. The van der Waals surface area contributed by atoms with E-state index < -0.39 is 11.7 Å². The number of halogens is 4. The van der Waals surface area contributed by atoms with Crippen LogP contribution in [0.3, 0.4) is 0 Å². The molecule has 0 radical (unpaired) electrons. The topological polar surface area (TPSA) is 75.9 Å². The van der Waals surface area contributed by atoms with E-state index in [0.717, 1.165) is 23.1 Å². The number of amides is 1. The Morgan fingerprint density at radius 3 is 2.59 bits per heavy atom. The first-order chi connectivity index (χ1) is 15.5. The minimum absolute atomic E-state index is 0. The lowest BCUT2D eigenvalue weighted by atomic mass is 10.1. The maximum absolute atomic E-state index is 13.3. The van der Waals surface area contributed by atoms with Crippen molar-refractivity contribution in [1.29, 1.82) is 0 Å². The summed E-state index contributed by atoms with van der Waals surface area (Å²) in [5.74, 6) is -0.0753. The molecule has 1 atom stereocenters. The third-order valence-electron chi connectivity index (χ3n) is 5.75. The molecule has 0 saturated carbocycles. The summed E-state index contributed by atoms with van der Waals surface area (Å²) in [6, 6.07) is 5.34. The number of anilines is 2. The van der Waals surface area contributed by atoms with Crippen molar-refractivity contribution in [3.05, 3.63) is 63.7 Å². The number of carbonyl (C=O) groups excluding carboxylic acids is 1. The standard InChI is InChI=1S/C22H22ClF3N6O.H2S/c1-12-20-19(31(3)13(2)21(33)28-20)9-16(27-12)6-7-17-11-32(30-29-17)10-14-4-5-15(23)8-18(14)22(24,25)26;/h4-5,8-9,11,13H,6-7,10H2,1-3H3,(H,28,33);1H2/t13-;/m0./s1. The van der Waals surface area contributed by atoms with Crippen LogP contribution in [0.25, 0.3) is 0 Å². The Morgan fingerprint density at radius 1 is 1.18 bits per heavy atom. The lowest BCUT2D eigenvalue weighted by molar-refractivity contribution is -0.138. The van der Waals surface area contributed by atoms with E-state index in [1.807, 2.05) is 31.9 Å². The predicted molar refractivity (Wildman–Crippen MR) is 129 cm³/mol. The van der Waals surface area contributed by atoms with Gasteiger partial charge in [-0.05, 0) is 50.5 Å². The normalized spacial score (nSPS) is 15.6. The molecule has 2 aromatic heterocycles. The Kier molecular flexibility index (Phi) is 7.47. The molecule has 0 fully saturated rings. The van der Waals surface area contributed by atoms with Gasteiger partial charge in [-0.2, -0.15) is 26.7 Å². The van der Waals surface area contributed by atoms with Crippen molar-refractivity contribution in [2.45, 2.75) is 45.5 Å². The Hall–Kier alpha value is -2.79. The van der Waals surface area contributed by atoms with Crippen molar-refractivity contribution < 1.29 is 18.0 Å². The zero-order chi connectivity index (χ0) is 23.9. The maximum atomic E-state index is 13.3. The molecule has 34 heavy (non-hydrogen) atoms. The van der Waals surface area contributed by atoms with E-state index in [4.69, 9.17) is 11.6 Å². The molecule has 7 nitrogen and oxygen atoms in total. The number of nitrogens with one attached hydrogen (secondary N) is 1. The van der Waals surface area contributed by atoms with E-state index in [-0.39, 0.29) is 42.6 Å². The summed E-state index contributed by atoms with van der Waals surface area (Å²) in [6.07, 6.45) is -1.79. The molecule has 3 heterocycles. The first-order valence-corrected chi connectivity index (χ1v) is 10.7. The fourth-order valence-electron chi connectivity index (χ4n) is 3.80. The molecule has 3 aromatic rings. The SMILES string of the molecule is Cc1nc(CCc2cn(Cc3ccc(Cl)cc3C(F)(F)F)nn2)cc2c1NC(=O)[C@H](C)N2C.S. The van der Waals surface area contributed by atoms with Crippen LogP contribution in [-0.4, -0.2) is 39.0 Å². The second kappa shape index (κ2) is 9.83. The number of aromatic nitrogens is 4. The van der Waals surface area contributed by atoms with E-state index in [1.54, 1.807) is 6.20 Å². The number of fused-ring (bicyclic) bond motifs is 1. The van der Waals surface area contributed by atoms with Crippen LogP contribution in [0.15, 0.2) is 30.5 Å². The number of carbonyl (C=O) groups is 1. The maximum Gasteiger partial charge on any atom is 0.416 e. The molecule has 0 spiro atoms. The van der Waals surface area contributed by atoms with Crippen LogP contribution in [0.1, 0.15) is 35.1 Å². The summed E-state index contributed by atoms with van der Waals surface area (Å²) in [5, 5.41) is 11.0. The number of likely N-dealkylation sites (N-methyl/N-ethyl adjacent to an activating group) is 1. The third kappa shape index (κ3) is 5.30. The van der Waals surface area contributed by atoms with Crippen molar-refractivity contribution in [2.75, 3.05) is 17.3 Å². The first kappa shape index (κ1) is 25.8. The Balaban J connectivity index is 0.00000324. The van der Waals surface area contributed by atoms with Crippen LogP contribution < -0.4 is 10.2 Å². The van der Waals surface area contributed by atoms with Crippen LogP contribution in [0.2, 0.25) is 5.02 Å². The van der Waals surface area contributed by atoms with Crippen molar-refractivity contribution in [3.8, 4) is 0 Å². The average molecular weight is 513 g/mol. The molecule has 0 unspecified atom stereocenters. The molecule has 1 aliphatic heterocycles. The highest BCUT2D eigenvalue weighted by Crippen LogP contribution is 2.35. The quantitative estimate of drug-likeness (QED) is 0.549. The average Bonchev–Trinajstić information content (AvgIpc) is 3.19. The molecule has 0 bridgehead atoms. The van der Waals surface area contributed by atoms with Gasteiger partial charge in [0, 0.05) is 24.0 Å². The second-order valence-electron chi connectivity index (χ2n) is 8.08. The molecule has 4 rings (SSSR count). The molecule has 0 aliphatic carbocycles. The fraction of sp³-hybridized carbons (Fsp3) is 0.364. The van der Waals surface area contributed by atoms with Gasteiger partial charge in [-0.15, -0.1) is 5.10 Å². The van der Waals surface area contributed by atoms with Gasteiger partial charge in [0.15, 0.2) is 0 Å². The molecule has 182 valence electrons. The lowest BCUT2D eigenvalue weighted by Crippen LogP contribution is -2.44. The Labute approximate surface area is 206 Å². The van der Waals surface area contributed by atoms with Crippen LogP contribution in [0, 0.1) is 6.92 Å². The number of nitrogens with zero attached hydrogens (tertiary/aromatic N) is 5. The van der Waals surface area contributed by atoms with Crippen LogP contribution in [0.4, 0.5) is 24.5 Å². The highest BCUT2D eigenvalue weighted by Gasteiger charge is 2.33. The van der Waals surface area contributed by atoms with E-state index in [9.17, 15) is 18.0 Å². The van der Waals surface area contributed by atoms with Crippen molar-refractivity contribution in [2.24, 2.45) is 0 Å². The van der Waals surface area contributed by atoms with Crippen LogP contribution >= 0.6 is 25.1 Å². The van der Waals surface area contributed by atoms with Gasteiger partial charge in [-0.1, -0.05) is 22.9 Å². The molecule has 1 amide bonds. The molecule has 0 saturated heterocycles. The number of hydrogen-bond acceptors (Lipinski definition) is 5. The summed E-state index contributed by atoms with van der Waals surface area (Å²) < 4.78 is 41.4. The molecular formula is C22H24ClF3N6OS. The van der Waals surface area contributed by atoms with Gasteiger partial charge in [-0.3, -0.25) is 9.78 Å². The number of pyridine rings is 1. The zero-order valence-corrected chi connectivity index (χ0v) is 20.5. The Morgan fingerprint density at radius 2 is 1.88 bits per heavy atom. The second-order valence-corrected chi connectivity index (χ2v) is 8.51. The van der Waals surface area contributed by atoms with Gasteiger partial charge >= 0.3 is 6.18 Å². The van der Waals surface area contributed by atoms with Gasteiger partial charge in [-0.25, -0.2) is 4.68 Å². The number of hydrogen-bond donors (Lipinski definition) is 1. The molecule has 1 N–H and O–H groups in total. The monoisotopic (exact) mass is 512 g/mol. The van der Waals surface area contributed by atoms with Crippen molar-refractivity contribution in [1.82, 2.24) is 20.0 Å². The van der Waals surface area contributed by atoms with Gasteiger partial charge in [0.1, 0.15) is 6.04 Å². The smallest absolute Gasteiger partial charge is 0.361 e. The van der Waals surface area contributed by atoms with Crippen LogP contribution in [0.5, 0.6) is 0 Å². The van der Waals surface area contributed by atoms with Gasteiger partial charge < -0.3 is 10.2 Å². The number of rotatable bonds is 5. The summed E-state index contributed by atoms with van der Waals surface area (Å²) in [4.78, 5) is 18.6. The van der Waals surface area contributed by atoms with Gasteiger partial charge in [0.05, 0.1) is 34.9 Å². The third-order valence-corrected chi connectivity index (χ3v) is 5.99. The molecule has 1 aliphatic rings. The summed E-state index contributed by atoms with van der Waals surface area (Å²) in [6.45, 7) is 3.60. The number of benzene rings is 1. The lowest BCUT2D eigenvalue weighted by Gasteiger charge is -2.34. The summed E-state index contributed by atoms with van der Waals surface area (Å²) >= 11 is 5.74. The molecule has 1 aromatic carbocycles. The number of aryl methyl sites for hydroxylation is 3. The van der Waals surface area contributed by atoms with Crippen molar-refractivity contribution in [3.63, 3.8) is 0 Å². The van der Waals surface area contributed by atoms with Gasteiger partial charge in [0.25, 0.3) is 0 Å².